The minimum Gasteiger partial charge on any atom is -0.497 e. The fourth-order valence-corrected chi connectivity index (χ4v) is 3.44. The molecule has 0 aromatic heterocycles. The molecule has 134 valence electrons. The number of methoxy groups -OCH3 is 1. The van der Waals surface area contributed by atoms with Gasteiger partial charge >= 0.3 is 0 Å². The second-order valence-electron chi connectivity index (χ2n) is 6.75. The van der Waals surface area contributed by atoms with E-state index in [1.165, 1.54) is 10.6 Å². The van der Waals surface area contributed by atoms with Crippen LogP contribution in [0.3, 0.4) is 0 Å². The standard InChI is InChI=1S/C19H25N3O3/c1-21-18(23)8-7-17(20-21)19(24)22-11-9-15(10-12-22)13-14-3-5-16(25-2)6-4-14/h3-6,15H,7-13H2,1-2H3. The van der Waals surface area contributed by atoms with E-state index in [-0.39, 0.29) is 11.8 Å². The molecule has 2 amide bonds. The van der Waals surface area contributed by atoms with Crippen LogP contribution >= 0.6 is 0 Å². The van der Waals surface area contributed by atoms with Crippen LogP contribution in [0.5, 0.6) is 5.75 Å². The molecule has 1 aromatic carbocycles. The Hall–Kier alpha value is -2.37. The molecule has 0 saturated carbocycles. The number of piperidine rings is 1. The molecule has 0 N–H and O–H groups in total. The summed E-state index contributed by atoms with van der Waals surface area (Å²) in [4.78, 5) is 25.9. The molecular weight excluding hydrogens is 318 g/mol. The molecule has 0 aliphatic carbocycles. The number of rotatable bonds is 4. The third-order valence-corrected chi connectivity index (χ3v) is 5.04. The highest BCUT2D eigenvalue weighted by Crippen LogP contribution is 2.23. The molecule has 0 spiro atoms. The van der Waals surface area contributed by atoms with Crippen molar-refractivity contribution in [3.8, 4) is 5.75 Å². The van der Waals surface area contributed by atoms with Crippen LogP contribution < -0.4 is 4.74 Å². The molecule has 0 bridgehead atoms. The summed E-state index contributed by atoms with van der Waals surface area (Å²) in [7, 11) is 3.28. The minimum absolute atomic E-state index is 0.0118. The van der Waals surface area contributed by atoms with Crippen LogP contribution in [0.25, 0.3) is 0 Å². The van der Waals surface area contributed by atoms with Crippen LogP contribution in [0.1, 0.15) is 31.2 Å². The van der Waals surface area contributed by atoms with Crippen LogP contribution in [0.4, 0.5) is 0 Å². The number of amides is 2. The number of hydrogen-bond donors (Lipinski definition) is 0. The number of hydrazone groups is 1. The fourth-order valence-electron chi connectivity index (χ4n) is 3.44. The van der Waals surface area contributed by atoms with E-state index < -0.39 is 0 Å². The van der Waals surface area contributed by atoms with E-state index in [2.05, 4.69) is 17.2 Å². The summed E-state index contributed by atoms with van der Waals surface area (Å²) in [6.45, 7) is 1.52. The van der Waals surface area contributed by atoms with Crippen LogP contribution in [-0.2, 0) is 16.0 Å². The van der Waals surface area contributed by atoms with Gasteiger partial charge in [0.1, 0.15) is 11.5 Å². The second-order valence-corrected chi connectivity index (χ2v) is 6.75. The molecular formula is C19H25N3O3. The molecule has 0 atom stereocenters. The van der Waals surface area contributed by atoms with Crippen LogP contribution in [0.15, 0.2) is 29.4 Å². The minimum atomic E-state index is -0.0326. The maximum absolute atomic E-state index is 12.6. The van der Waals surface area contributed by atoms with Crippen LogP contribution in [0, 0.1) is 5.92 Å². The van der Waals surface area contributed by atoms with E-state index in [1.807, 2.05) is 17.0 Å². The number of carbonyl (C=O) groups is 2. The Balaban J connectivity index is 1.52. The van der Waals surface area contributed by atoms with E-state index >= 15 is 0 Å². The SMILES string of the molecule is COc1ccc(CC2CCN(C(=O)C3=NN(C)C(=O)CC3)CC2)cc1. The first-order valence-corrected chi connectivity index (χ1v) is 8.83. The van der Waals surface area contributed by atoms with Gasteiger partial charge in [-0.15, -0.1) is 0 Å². The molecule has 1 aromatic rings. The monoisotopic (exact) mass is 343 g/mol. The van der Waals surface area contributed by atoms with Gasteiger partial charge in [0.25, 0.3) is 5.91 Å². The highest BCUT2D eigenvalue weighted by molar-refractivity contribution is 6.39. The van der Waals surface area contributed by atoms with Crippen molar-refractivity contribution in [2.24, 2.45) is 11.0 Å². The van der Waals surface area contributed by atoms with Crippen molar-refractivity contribution in [3.63, 3.8) is 0 Å². The lowest BCUT2D eigenvalue weighted by Crippen LogP contribution is -2.44. The maximum Gasteiger partial charge on any atom is 0.270 e. The molecule has 0 radical (unpaired) electrons. The van der Waals surface area contributed by atoms with Crippen LogP contribution in [0.2, 0.25) is 0 Å². The zero-order valence-electron chi connectivity index (χ0n) is 14.9. The number of nitrogens with zero attached hydrogens (tertiary/aromatic N) is 3. The van der Waals surface area contributed by atoms with E-state index in [9.17, 15) is 9.59 Å². The summed E-state index contributed by atoms with van der Waals surface area (Å²) in [6.07, 6.45) is 3.85. The first kappa shape index (κ1) is 17.5. The molecule has 1 saturated heterocycles. The summed E-state index contributed by atoms with van der Waals surface area (Å²) in [6, 6.07) is 8.21. The number of likely N-dealkylation sites (tertiary alicyclic amines) is 1. The van der Waals surface area contributed by atoms with Gasteiger partial charge in [0.2, 0.25) is 5.91 Å². The van der Waals surface area contributed by atoms with Gasteiger partial charge in [0, 0.05) is 33.0 Å². The van der Waals surface area contributed by atoms with Crippen molar-refractivity contribution in [1.29, 1.82) is 0 Å². The Labute approximate surface area is 148 Å². The van der Waals surface area contributed by atoms with Gasteiger partial charge in [-0.25, -0.2) is 5.01 Å². The predicted molar refractivity (Wildman–Crippen MR) is 95.4 cm³/mol. The summed E-state index contributed by atoms with van der Waals surface area (Å²) < 4.78 is 5.19. The smallest absolute Gasteiger partial charge is 0.270 e. The number of carbonyl (C=O) groups excluding carboxylic acids is 2. The zero-order chi connectivity index (χ0) is 17.8. The molecule has 6 nitrogen and oxygen atoms in total. The molecule has 0 unspecified atom stereocenters. The molecule has 3 rings (SSSR count). The highest BCUT2D eigenvalue weighted by atomic mass is 16.5. The zero-order valence-corrected chi connectivity index (χ0v) is 14.9. The molecule has 1 fully saturated rings. The van der Waals surface area contributed by atoms with Crippen LogP contribution in [-0.4, -0.2) is 54.7 Å². The summed E-state index contributed by atoms with van der Waals surface area (Å²) in [5.41, 5.74) is 1.82. The van der Waals surface area contributed by atoms with Crippen molar-refractivity contribution >= 4 is 17.5 Å². The van der Waals surface area contributed by atoms with Crippen molar-refractivity contribution in [1.82, 2.24) is 9.91 Å². The van der Waals surface area contributed by atoms with Gasteiger partial charge in [0.05, 0.1) is 7.11 Å². The van der Waals surface area contributed by atoms with E-state index in [0.717, 1.165) is 38.1 Å². The number of benzene rings is 1. The lowest BCUT2D eigenvalue weighted by atomic mass is 9.90. The maximum atomic E-state index is 12.6. The molecule has 25 heavy (non-hydrogen) atoms. The average Bonchev–Trinajstić information content (AvgIpc) is 2.65. The van der Waals surface area contributed by atoms with Crippen molar-refractivity contribution in [3.05, 3.63) is 29.8 Å². The fraction of sp³-hybridized carbons (Fsp3) is 0.526. The van der Waals surface area contributed by atoms with Gasteiger partial charge < -0.3 is 9.64 Å². The third kappa shape index (κ3) is 4.18. The van der Waals surface area contributed by atoms with E-state index in [4.69, 9.17) is 4.74 Å². The topological polar surface area (TPSA) is 62.2 Å². The Morgan fingerprint density at radius 1 is 1.20 bits per heavy atom. The first-order valence-electron chi connectivity index (χ1n) is 8.83. The van der Waals surface area contributed by atoms with Gasteiger partial charge in [-0.2, -0.15) is 5.10 Å². The number of hydrogen-bond acceptors (Lipinski definition) is 4. The van der Waals surface area contributed by atoms with Gasteiger partial charge in [-0.3, -0.25) is 9.59 Å². The Morgan fingerprint density at radius 2 is 1.88 bits per heavy atom. The quantitative estimate of drug-likeness (QED) is 0.841. The summed E-state index contributed by atoms with van der Waals surface area (Å²) >= 11 is 0. The van der Waals surface area contributed by atoms with Crippen molar-refractivity contribution in [2.75, 3.05) is 27.2 Å². The summed E-state index contributed by atoms with van der Waals surface area (Å²) in [5, 5.41) is 5.42. The number of ether oxygens (including phenoxy) is 1. The summed E-state index contributed by atoms with van der Waals surface area (Å²) in [5.74, 6) is 1.42. The largest absolute Gasteiger partial charge is 0.497 e. The van der Waals surface area contributed by atoms with Crippen molar-refractivity contribution in [2.45, 2.75) is 32.1 Å². The predicted octanol–water partition coefficient (Wildman–Crippen LogP) is 2.08. The van der Waals surface area contributed by atoms with E-state index in [0.29, 0.717) is 24.5 Å². The molecule has 2 aliphatic heterocycles. The van der Waals surface area contributed by atoms with E-state index in [1.54, 1.807) is 14.2 Å². The average molecular weight is 343 g/mol. The highest BCUT2D eigenvalue weighted by Gasteiger charge is 2.28. The lowest BCUT2D eigenvalue weighted by Gasteiger charge is -2.33. The van der Waals surface area contributed by atoms with Gasteiger partial charge in [-0.1, -0.05) is 12.1 Å². The van der Waals surface area contributed by atoms with Gasteiger partial charge in [-0.05, 0) is 42.9 Å². The first-order chi connectivity index (χ1) is 12.1. The van der Waals surface area contributed by atoms with Crippen molar-refractivity contribution < 1.29 is 14.3 Å². The Kier molecular flexibility index (Phi) is 5.36. The molecule has 2 aliphatic rings. The Bertz CT molecular complexity index is 661. The normalized spacial score (nSPS) is 19.0. The third-order valence-electron chi connectivity index (χ3n) is 5.04. The lowest BCUT2D eigenvalue weighted by molar-refractivity contribution is -0.130. The second kappa shape index (κ2) is 7.68. The Morgan fingerprint density at radius 3 is 2.48 bits per heavy atom. The van der Waals surface area contributed by atoms with Gasteiger partial charge in [0.15, 0.2) is 0 Å². The molecule has 2 heterocycles. The molecule has 6 heteroatoms.